The van der Waals surface area contributed by atoms with Crippen molar-refractivity contribution in [1.82, 2.24) is 4.90 Å². The molecule has 1 atom stereocenters. The van der Waals surface area contributed by atoms with Crippen molar-refractivity contribution < 1.29 is 9.47 Å². The summed E-state index contributed by atoms with van der Waals surface area (Å²) in [7, 11) is 0. The quantitative estimate of drug-likeness (QED) is 0.782. The average molecular weight is 267 g/mol. The molecule has 4 bridgehead atoms. The number of hydrogen-bond acceptors (Lipinski definition) is 3. The van der Waals surface area contributed by atoms with Gasteiger partial charge >= 0.3 is 0 Å². The van der Waals surface area contributed by atoms with Crippen LogP contribution in [0.5, 0.6) is 0 Å². The van der Waals surface area contributed by atoms with Gasteiger partial charge in [-0.2, -0.15) is 0 Å². The van der Waals surface area contributed by atoms with Gasteiger partial charge in [-0.05, 0) is 52.4 Å². The van der Waals surface area contributed by atoms with E-state index in [-0.39, 0.29) is 5.60 Å². The molecule has 3 nitrogen and oxygen atoms in total. The van der Waals surface area contributed by atoms with Crippen molar-refractivity contribution in [1.29, 1.82) is 0 Å². The highest BCUT2D eigenvalue weighted by molar-refractivity contribution is 5.00. The van der Waals surface area contributed by atoms with Crippen LogP contribution in [0.1, 0.15) is 53.4 Å². The molecule has 0 N–H and O–H groups in total. The van der Waals surface area contributed by atoms with Gasteiger partial charge in [-0.25, -0.2) is 0 Å². The fourth-order valence-corrected chi connectivity index (χ4v) is 4.04. The predicted molar refractivity (Wildman–Crippen MR) is 76.3 cm³/mol. The van der Waals surface area contributed by atoms with Crippen molar-refractivity contribution in [2.75, 3.05) is 13.2 Å². The summed E-state index contributed by atoms with van der Waals surface area (Å²) in [6.45, 7) is 10.8. The third-order valence-electron chi connectivity index (χ3n) is 4.79. The monoisotopic (exact) mass is 267 g/mol. The minimum Gasteiger partial charge on any atom is -0.376 e. The number of nitrogens with zero attached hydrogens (tertiary/aromatic N) is 1. The second kappa shape index (κ2) is 5.01. The van der Waals surface area contributed by atoms with E-state index in [0.717, 1.165) is 18.7 Å². The van der Waals surface area contributed by atoms with Crippen molar-refractivity contribution in [3.63, 3.8) is 0 Å². The summed E-state index contributed by atoms with van der Waals surface area (Å²) in [5.74, 6) is 0.623. The van der Waals surface area contributed by atoms with Crippen LogP contribution in [0, 0.1) is 5.92 Å². The molecule has 0 amide bonds. The predicted octanol–water partition coefficient (Wildman–Crippen LogP) is 2.83. The second-order valence-electron chi connectivity index (χ2n) is 7.86. The van der Waals surface area contributed by atoms with Gasteiger partial charge in [0.15, 0.2) is 0 Å². The lowest BCUT2D eigenvalue weighted by Crippen LogP contribution is -2.63. The maximum absolute atomic E-state index is 6.02. The second-order valence-corrected chi connectivity index (χ2v) is 7.86. The summed E-state index contributed by atoms with van der Waals surface area (Å²) < 4.78 is 12.0. The number of hydrogen-bond donors (Lipinski definition) is 0. The Bertz CT molecular complexity index is 295. The first kappa shape index (κ1) is 13.8. The summed E-state index contributed by atoms with van der Waals surface area (Å²) >= 11 is 0. The normalized spacial score (nSPS) is 39.8. The van der Waals surface area contributed by atoms with Crippen molar-refractivity contribution in [2.24, 2.45) is 5.92 Å². The fraction of sp³-hybridized carbons (Fsp3) is 1.00. The molecule has 4 aliphatic rings. The minimum atomic E-state index is -0.0124. The molecule has 0 unspecified atom stereocenters. The average Bonchev–Trinajstić information content (AvgIpc) is 2.29. The van der Waals surface area contributed by atoms with E-state index in [1.807, 2.05) is 0 Å². The van der Waals surface area contributed by atoms with Crippen LogP contribution >= 0.6 is 0 Å². The van der Waals surface area contributed by atoms with Crippen LogP contribution in [0.2, 0.25) is 0 Å². The summed E-state index contributed by atoms with van der Waals surface area (Å²) in [5.41, 5.74) is -0.0124. The molecular weight excluding hydrogens is 238 g/mol. The lowest BCUT2D eigenvalue weighted by Gasteiger charge is -2.56. The van der Waals surface area contributed by atoms with Crippen LogP contribution in [0.4, 0.5) is 0 Å². The first-order chi connectivity index (χ1) is 8.90. The van der Waals surface area contributed by atoms with Gasteiger partial charge in [-0.1, -0.05) is 6.92 Å². The number of rotatable bonds is 4. The molecular formula is C16H29NO2. The van der Waals surface area contributed by atoms with E-state index in [4.69, 9.17) is 9.47 Å². The number of piperidine rings is 2. The van der Waals surface area contributed by atoms with E-state index in [2.05, 4.69) is 32.6 Å². The Kier molecular flexibility index (Phi) is 3.65. The molecule has 0 saturated carbocycles. The maximum atomic E-state index is 6.02. The molecule has 0 aromatic heterocycles. The molecule has 3 heteroatoms. The molecule has 4 aliphatic heterocycles. The van der Waals surface area contributed by atoms with Crippen molar-refractivity contribution in [3.05, 3.63) is 0 Å². The standard InChI is InChI=1S/C16H29NO2/c1-11(10-18-16(2,3)4)9-17-12-5-14-7-13(17)8-15(6-12)19-14/h11-15H,5-10H2,1-4H3/t11-,12?,13?,14?,15?/m1/s1. The van der Waals surface area contributed by atoms with Gasteiger partial charge in [0.1, 0.15) is 0 Å². The molecule has 0 aromatic carbocycles. The van der Waals surface area contributed by atoms with Gasteiger partial charge < -0.3 is 9.47 Å². The van der Waals surface area contributed by atoms with Crippen molar-refractivity contribution in [3.8, 4) is 0 Å². The lowest BCUT2D eigenvalue weighted by atomic mass is 9.77. The molecule has 19 heavy (non-hydrogen) atoms. The molecule has 4 rings (SSSR count). The smallest absolute Gasteiger partial charge is 0.0608 e. The van der Waals surface area contributed by atoms with Crippen molar-refractivity contribution >= 4 is 0 Å². The Morgan fingerprint density at radius 2 is 1.63 bits per heavy atom. The van der Waals surface area contributed by atoms with E-state index in [9.17, 15) is 0 Å². The first-order valence-corrected chi connectivity index (χ1v) is 7.96. The molecule has 0 spiro atoms. The lowest BCUT2D eigenvalue weighted by molar-refractivity contribution is -0.185. The first-order valence-electron chi connectivity index (χ1n) is 7.96. The third-order valence-corrected chi connectivity index (χ3v) is 4.79. The molecule has 0 radical (unpaired) electrons. The summed E-state index contributed by atoms with van der Waals surface area (Å²) in [4.78, 5) is 2.77. The highest BCUT2D eigenvalue weighted by Gasteiger charge is 2.47. The third kappa shape index (κ3) is 3.14. The SMILES string of the molecule is C[C@@H](COC(C)(C)C)CN1C2CC3CC1CC(C2)O3. The van der Waals surface area contributed by atoms with Crippen LogP contribution in [0.25, 0.3) is 0 Å². The van der Waals surface area contributed by atoms with Crippen molar-refractivity contribution in [2.45, 2.75) is 83.3 Å². The summed E-state index contributed by atoms with van der Waals surface area (Å²) in [5, 5.41) is 0. The van der Waals surface area contributed by atoms with Gasteiger partial charge in [-0.15, -0.1) is 0 Å². The zero-order valence-electron chi connectivity index (χ0n) is 12.9. The van der Waals surface area contributed by atoms with Gasteiger partial charge in [0.25, 0.3) is 0 Å². The molecule has 110 valence electrons. The summed E-state index contributed by atoms with van der Waals surface area (Å²) in [6, 6.07) is 1.57. The van der Waals surface area contributed by atoms with Gasteiger partial charge in [0.05, 0.1) is 24.4 Å². The highest BCUT2D eigenvalue weighted by atomic mass is 16.5. The van der Waals surface area contributed by atoms with Crippen LogP contribution in [-0.4, -0.2) is 47.9 Å². The summed E-state index contributed by atoms with van der Waals surface area (Å²) in [6.07, 6.45) is 6.19. The van der Waals surface area contributed by atoms with Crippen LogP contribution in [0.15, 0.2) is 0 Å². The van der Waals surface area contributed by atoms with E-state index >= 15 is 0 Å². The van der Waals surface area contributed by atoms with E-state index in [1.54, 1.807) is 0 Å². The minimum absolute atomic E-state index is 0.0124. The largest absolute Gasteiger partial charge is 0.376 e. The van der Waals surface area contributed by atoms with E-state index in [1.165, 1.54) is 32.2 Å². The Labute approximate surface area is 117 Å². The van der Waals surface area contributed by atoms with Gasteiger partial charge in [-0.3, -0.25) is 4.90 Å². The topological polar surface area (TPSA) is 21.7 Å². The highest BCUT2D eigenvalue weighted by Crippen LogP contribution is 2.42. The molecule has 4 heterocycles. The Hall–Kier alpha value is -0.120. The van der Waals surface area contributed by atoms with Crippen LogP contribution < -0.4 is 0 Å². The van der Waals surface area contributed by atoms with E-state index < -0.39 is 0 Å². The maximum Gasteiger partial charge on any atom is 0.0608 e. The van der Waals surface area contributed by atoms with Gasteiger partial charge in [0.2, 0.25) is 0 Å². The number of ether oxygens (including phenoxy) is 2. The zero-order valence-corrected chi connectivity index (χ0v) is 12.9. The zero-order chi connectivity index (χ0) is 13.6. The fourth-order valence-electron chi connectivity index (χ4n) is 4.04. The molecule has 0 aromatic rings. The molecule has 0 aliphatic carbocycles. The Morgan fingerprint density at radius 1 is 1.11 bits per heavy atom. The van der Waals surface area contributed by atoms with Gasteiger partial charge in [0, 0.05) is 18.6 Å². The van der Waals surface area contributed by atoms with Crippen LogP contribution in [0.3, 0.4) is 0 Å². The van der Waals surface area contributed by atoms with Crippen LogP contribution in [-0.2, 0) is 9.47 Å². The Morgan fingerprint density at radius 3 is 2.11 bits per heavy atom. The molecule has 4 saturated heterocycles. The van der Waals surface area contributed by atoms with E-state index in [0.29, 0.717) is 18.1 Å². The molecule has 4 fully saturated rings. The Balaban J connectivity index is 1.52.